The highest BCUT2D eigenvalue weighted by molar-refractivity contribution is 5.87. The van der Waals surface area contributed by atoms with Crippen molar-refractivity contribution in [3.63, 3.8) is 0 Å². The van der Waals surface area contributed by atoms with Crippen LogP contribution in [0.5, 0.6) is 0 Å². The second-order valence-electron chi connectivity index (χ2n) is 6.47. The van der Waals surface area contributed by atoms with Gasteiger partial charge in [-0.05, 0) is 11.1 Å². The molecule has 9 nitrogen and oxygen atoms in total. The molecule has 2 rings (SSSR count). The molecule has 2 aromatic rings. The fourth-order valence-electron chi connectivity index (χ4n) is 2.99. The number of nitro benzene ring substituents is 1. The number of nitrogens with zero attached hydrogens (tertiary/aromatic N) is 1. The third-order valence-corrected chi connectivity index (χ3v) is 4.53. The van der Waals surface area contributed by atoms with Crippen LogP contribution in [0.2, 0.25) is 0 Å². The second kappa shape index (κ2) is 10.7. The largest absolute Gasteiger partial charge is 0.469 e. The lowest BCUT2D eigenvalue weighted by Gasteiger charge is -2.26. The van der Waals surface area contributed by atoms with Crippen LogP contribution in [-0.4, -0.2) is 43.0 Å². The Hall–Kier alpha value is -3.75. The van der Waals surface area contributed by atoms with Crippen LogP contribution in [0, 0.1) is 10.1 Å². The molecule has 0 aliphatic heterocycles. The van der Waals surface area contributed by atoms with Gasteiger partial charge in [0.05, 0.1) is 32.0 Å². The summed E-state index contributed by atoms with van der Waals surface area (Å²) in [4.78, 5) is 47.3. The van der Waals surface area contributed by atoms with Crippen molar-refractivity contribution in [1.82, 2.24) is 5.32 Å². The van der Waals surface area contributed by atoms with Gasteiger partial charge in [-0.2, -0.15) is 0 Å². The van der Waals surface area contributed by atoms with Crippen molar-refractivity contribution >= 4 is 23.5 Å². The average Bonchev–Trinajstić information content (AvgIpc) is 2.76. The number of ether oxygens (including phenoxy) is 2. The van der Waals surface area contributed by atoms with Crippen molar-refractivity contribution in [2.24, 2.45) is 0 Å². The Balaban J connectivity index is 2.32. The number of nitro groups is 1. The van der Waals surface area contributed by atoms with E-state index in [-0.39, 0.29) is 18.5 Å². The Morgan fingerprint density at radius 2 is 1.63 bits per heavy atom. The number of hydrogen-bond acceptors (Lipinski definition) is 7. The highest BCUT2D eigenvalue weighted by atomic mass is 16.6. The summed E-state index contributed by atoms with van der Waals surface area (Å²) in [7, 11) is 2.38. The summed E-state index contributed by atoms with van der Waals surface area (Å²) in [5.41, 5.74) is 1.05. The molecule has 2 atom stereocenters. The Morgan fingerprint density at radius 3 is 2.17 bits per heavy atom. The van der Waals surface area contributed by atoms with E-state index in [9.17, 15) is 24.5 Å². The van der Waals surface area contributed by atoms with E-state index in [2.05, 4.69) is 5.32 Å². The summed E-state index contributed by atoms with van der Waals surface area (Å²) in [6.45, 7) is 0. The monoisotopic (exact) mass is 414 g/mol. The van der Waals surface area contributed by atoms with Gasteiger partial charge in [-0.3, -0.25) is 19.7 Å². The maximum Gasteiger partial charge on any atom is 0.329 e. The molecule has 0 aromatic heterocycles. The molecule has 1 N–H and O–H groups in total. The van der Waals surface area contributed by atoms with Gasteiger partial charge in [0.25, 0.3) is 5.69 Å². The molecule has 0 unspecified atom stereocenters. The van der Waals surface area contributed by atoms with E-state index in [1.165, 1.54) is 38.5 Å². The molecule has 158 valence electrons. The molecule has 0 radical (unpaired) electrons. The molecule has 0 aliphatic rings. The molecule has 0 fully saturated rings. The molecule has 0 heterocycles. The summed E-state index contributed by atoms with van der Waals surface area (Å²) >= 11 is 0. The van der Waals surface area contributed by atoms with Crippen LogP contribution in [0.25, 0.3) is 0 Å². The van der Waals surface area contributed by atoms with Crippen LogP contribution in [0.1, 0.15) is 23.5 Å². The number of methoxy groups -OCH3 is 2. The average molecular weight is 414 g/mol. The molecule has 1 amide bonds. The van der Waals surface area contributed by atoms with Gasteiger partial charge >= 0.3 is 11.9 Å². The van der Waals surface area contributed by atoms with Crippen molar-refractivity contribution in [2.45, 2.75) is 24.8 Å². The zero-order valence-corrected chi connectivity index (χ0v) is 16.6. The van der Waals surface area contributed by atoms with Crippen molar-refractivity contribution in [3.05, 3.63) is 75.8 Å². The van der Waals surface area contributed by atoms with Crippen LogP contribution in [-0.2, 0) is 30.3 Å². The van der Waals surface area contributed by atoms with E-state index in [0.717, 1.165) is 5.56 Å². The SMILES string of the molecule is COC(=O)C[C@@H](c1ccc([N+](=O)[O-])cc1)[C@@H](NC(=O)Cc1ccccc1)C(=O)OC. The van der Waals surface area contributed by atoms with Gasteiger partial charge in [0.2, 0.25) is 5.91 Å². The first-order chi connectivity index (χ1) is 14.3. The quantitative estimate of drug-likeness (QED) is 0.379. The number of amides is 1. The molecule has 0 aliphatic carbocycles. The summed E-state index contributed by atoms with van der Waals surface area (Å²) in [5, 5.41) is 13.5. The zero-order valence-electron chi connectivity index (χ0n) is 16.6. The number of carbonyl (C=O) groups is 3. The Morgan fingerprint density at radius 1 is 1.00 bits per heavy atom. The van der Waals surface area contributed by atoms with Crippen molar-refractivity contribution in [3.8, 4) is 0 Å². The molecule has 0 bridgehead atoms. The number of non-ortho nitro benzene ring substituents is 1. The predicted octanol–water partition coefficient (Wildman–Crippen LogP) is 2.14. The van der Waals surface area contributed by atoms with Crippen LogP contribution < -0.4 is 5.32 Å². The molecule has 2 aromatic carbocycles. The summed E-state index contributed by atoms with van der Waals surface area (Å²) in [6.07, 6.45) is -0.209. The lowest BCUT2D eigenvalue weighted by atomic mass is 9.88. The maximum absolute atomic E-state index is 12.6. The van der Waals surface area contributed by atoms with Crippen LogP contribution in [0.4, 0.5) is 5.69 Å². The van der Waals surface area contributed by atoms with Gasteiger partial charge in [-0.15, -0.1) is 0 Å². The standard InChI is InChI=1S/C21H22N2O7/c1-29-19(25)13-17(15-8-10-16(11-9-15)23(27)28)20(21(26)30-2)22-18(24)12-14-6-4-3-5-7-14/h3-11,17,20H,12-13H2,1-2H3,(H,22,24)/t17-,20+/m0/s1. The van der Waals surface area contributed by atoms with Gasteiger partial charge in [0, 0.05) is 18.1 Å². The minimum absolute atomic E-state index is 0.0273. The summed E-state index contributed by atoms with van der Waals surface area (Å²) in [5.74, 6) is -2.63. The van der Waals surface area contributed by atoms with Crippen molar-refractivity contribution in [2.75, 3.05) is 14.2 Å². The van der Waals surface area contributed by atoms with Crippen molar-refractivity contribution < 1.29 is 28.8 Å². The fourth-order valence-corrected chi connectivity index (χ4v) is 2.99. The maximum atomic E-state index is 12.6. The molecular weight excluding hydrogens is 392 g/mol. The highest BCUT2D eigenvalue weighted by Gasteiger charge is 2.34. The smallest absolute Gasteiger partial charge is 0.329 e. The highest BCUT2D eigenvalue weighted by Crippen LogP contribution is 2.27. The number of hydrogen-bond donors (Lipinski definition) is 1. The fraction of sp³-hybridized carbons (Fsp3) is 0.286. The Kier molecular flexibility index (Phi) is 8.04. The molecule has 0 spiro atoms. The third kappa shape index (κ3) is 6.13. The number of rotatable bonds is 9. The first-order valence-corrected chi connectivity index (χ1v) is 9.08. The van der Waals surface area contributed by atoms with E-state index in [1.807, 2.05) is 6.07 Å². The van der Waals surface area contributed by atoms with Crippen LogP contribution >= 0.6 is 0 Å². The lowest BCUT2D eigenvalue weighted by Crippen LogP contribution is -2.46. The number of benzene rings is 2. The van der Waals surface area contributed by atoms with Gasteiger partial charge in [-0.25, -0.2) is 4.79 Å². The first-order valence-electron chi connectivity index (χ1n) is 9.08. The minimum atomic E-state index is -1.19. The number of nitrogens with one attached hydrogen (secondary N) is 1. The van der Waals surface area contributed by atoms with E-state index in [1.54, 1.807) is 24.3 Å². The van der Waals surface area contributed by atoms with E-state index in [0.29, 0.717) is 5.56 Å². The van der Waals surface area contributed by atoms with Crippen molar-refractivity contribution in [1.29, 1.82) is 0 Å². The molecule has 9 heteroatoms. The van der Waals surface area contributed by atoms with Gasteiger partial charge < -0.3 is 14.8 Å². The van der Waals surface area contributed by atoms with Gasteiger partial charge in [0.15, 0.2) is 0 Å². The third-order valence-electron chi connectivity index (χ3n) is 4.53. The predicted molar refractivity (Wildman–Crippen MR) is 107 cm³/mol. The summed E-state index contributed by atoms with van der Waals surface area (Å²) in [6, 6.07) is 13.2. The second-order valence-corrected chi connectivity index (χ2v) is 6.47. The summed E-state index contributed by atoms with van der Waals surface area (Å²) < 4.78 is 9.55. The van der Waals surface area contributed by atoms with Gasteiger partial charge in [0.1, 0.15) is 6.04 Å². The Bertz CT molecular complexity index is 897. The molecular formula is C21H22N2O7. The van der Waals surface area contributed by atoms with Gasteiger partial charge in [-0.1, -0.05) is 42.5 Å². The molecule has 0 saturated heterocycles. The Labute approximate surface area is 173 Å². The van der Waals surface area contributed by atoms with Crippen LogP contribution in [0.3, 0.4) is 0 Å². The topological polar surface area (TPSA) is 125 Å². The lowest BCUT2D eigenvalue weighted by molar-refractivity contribution is -0.384. The van der Waals surface area contributed by atoms with E-state index < -0.39 is 34.7 Å². The van der Waals surface area contributed by atoms with Crippen LogP contribution in [0.15, 0.2) is 54.6 Å². The minimum Gasteiger partial charge on any atom is -0.469 e. The molecule has 0 saturated carbocycles. The zero-order chi connectivity index (χ0) is 22.1. The number of carbonyl (C=O) groups excluding carboxylic acids is 3. The molecule has 30 heavy (non-hydrogen) atoms. The number of esters is 2. The first kappa shape index (κ1) is 22.5. The van der Waals surface area contributed by atoms with E-state index in [4.69, 9.17) is 9.47 Å². The van der Waals surface area contributed by atoms with E-state index >= 15 is 0 Å². The normalized spacial score (nSPS) is 12.3.